The average Bonchev–Trinajstić information content (AvgIpc) is 2.71. The lowest BCUT2D eigenvalue weighted by Crippen LogP contribution is -1.97. The first-order valence-electron chi connectivity index (χ1n) is 5.13. The van der Waals surface area contributed by atoms with E-state index in [1.165, 1.54) is 0 Å². The minimum absolute atomic E-state index is 0.252. The Bertz CT molecular complexity index is 558. The Balaban J connectivity index is 2.44. The summed E-state index contributed by atoms with van der Waals surface area (Å²) < 4.78 is 0. The molecule has 5 heteroatoms. The van der Waals surface area contributed by atoms with Gasteiger partial charge < -0.3 is 10.9 Å². The highest BCUT2D eigenvalue weighted by atomic mass is 32.1. The Morgan fingerprint density at radius 2 is 2.00 bits per heavy atom. The van der Waals surface area contributed by atoms with Crippen LogP contribution < -0.4 is 5.84 Å². The number of aromatic hydroxyl groups is 1. The predicted molar refractivity (Wildman–Crippen MR) is 70.4 cm³/mol. The molecule has 0 fully saturated rings. The number of rotatable bonds is 2. The number of hydrogen-bond acceptors (Lipinski definition) is 5. The molecule has 0 aliphatic rings. The molecule has 0 unspecified atom stereocenters. The highest BCUT2D eigenvalue weighted by Crippen LogP contribution is 2.29. The lowest BCUT2D eigenvalue weighted by Gasteiger charge is -1.95. The van der Waals surface area contributed by atoms with Crippen LogP contribution in [0.15, 0.2) is 29.4 Å². The number of thiazole rings is 1. The molecule has 0 saturated heterocycles. The summed E-state index contributed by atoms with van der Waals surface area (Å²) in [4.78, 5) is 5.48. The molecule has 0 aliphatic heterocycles. The first-order valence-corrected chi connectivity index (χ1v) is 5.95. The van der Waals surface area contributed by atoms with Gasteiger partial charge in [0, 0.05) is 5.56 Å². The average molecular weight is 247 g/mol. The first-order chi connectivity index (χ1) is 8.11. The highest BCUT2D eigenvalue weighted by molar-refractivity contribution is 7.17. The fraction of sp³-hybridized carbons (Fsp3) is 0.167. The van der Waals surface area contributed by atoms with Gasteiger partial charge in [-0.3, -0.25) is 0 Å². The number of hydrazone groups is 1. The van der Waals surface area contributed by atoms with Crippen molar-refractivity contribution in [1.29, 1.82) is 0 Å². The van der Waals surface area contributed by atoms with Gasteiger partial charge in [-0.15, -0.1) is 11.3 Å². The molecular formula is C12H13N3OS. The molecule has 0 aliphatic carbocycles. The van der Waals surface area contributed by atoms with Crippen LogP contribution in [0.25, 0.3) is 10.6 Å². The number of benzene rings is 1. The van der Waals surface area contributed by atoms with Crippen molar-refractivity contribution in [2.45, 2.75) is 13.8 Å². The molecule has 1 heterocycles. The zero-order chi connectivity index (χ0) is 12.4. The number of phenolic OH excluding ortho intramolecular Hbond substituents is 1. The third kappa shape index (κ3) is 2.29. The van der Waals surface area contributed by atoms with Crippen molar-refractivity contribution in [2.24, 2.45) is 10.9 Å². The van der Waals surface area contributed by atoms with Crippen LogP contribution in [0, 0.1) is 6.92 Å². The Morgan fingerprint density at radius 1 is 1.35 bits per heavy atom. The van der Waals surface area contributed by atoms with E-state index in [-0.39, 0.29) is 5.75 Å². The largest absolute Gasteiger partial charge is 0.508 e. The smallest absolute Gasteiger partial charge is 0.124 e. The maximum Gasteiger partial charge on any atom is 0.124 e. The molecule has 1 aromatic heterocycles. The van der Waals surface area contributed by atoms with Gasteiger partial charge in [-0.1, -0.05) is 0 Å². The van der Waals surface area contributed by atoms with Gasteiger partial charge >= 0.3 is 0 Å². The van der Waals surface area contributed by atoms with E-state index < -0.39 is 0 Å². The molecule has 0 bridgehead atoms. The van der Waals surface area contributed by atoms with Crippen LogP contribution in [0.4, 0.5) is 0 Å². The van der Waals surface area contributed by atoms with E-state index in [1.807, 2.05) is 26.0 Å². The molecule has 0 saturated carbocycles. The molecule has 2 rings (SSSR count). The molecule has 0 spiro atoms. The van der Waals surface area contributed by atoms with Crippen LogP contribution in [-0.2, 0) is 0 Å². The minimum atomic E-state index is 0.252. The number of nitrogens with zero attached hydrogens (tertiary/aromatic N) is 2. The summed E-state index contributed by atoms with van der Waals surface area (Å²) in [6.07, 6.45) is 0. The number of aryl methyl sites for hydroxylation is 1. The van der Waals surface area contributed by atoms with E-state index in [1.54, 1.807) is 23.5 Å². The first kappa shape index (κ1) is 11.6. The monoisotopic (exact) mass is 247 g/mol. The number of phenols is 1. The minimum Gasteiger partial charge on any atom is -0.508 e. The lowest BCUT2D eigenvalue weighted by atomic mass is 10.2. The fourth-order valence-corrected chi connectivity index (χ4v) is 2.54. The van der Waals surface area contributed by atoms with E-state index in [4.69, 9.17) is 5.84 Å². The van der Waals surface area contributed by atoms with Crippen LogP contribution in [0.5, 0.6) is 5.75 Å². The normalized spacial score (nSPS) is 11.8. The van der Waals surface area contributed by atoms with Gasteiger partial charge in [-0.25, -0.2) is 4.98 Å². The summed E-state index contributed by atoms with van der Waals surface area (Å²) in [7, 11) is 0. The summed E-state index contributed by atoms with van der Waals surface area (Å²) in [6.45, 7) is 3.80. The van der Waals surface area contributed by atoms with Crippen molar-refractivity contribution in [2.75, 3.05) is 0 Å². The van der Waals surface area contributed by atoms with Crippen LogP contribution in [-0.4, -0.2) is 15.8 Å². The molecule has 0 atom stereocenters. The summed E-state index contributed by atoms with van der Waals surface area (Å²) in [5.74, 6) is 5.53. The van der Waals surface area contributed by atoms with Crippen molar-refractivity contribution in [3.05, 3.63) is 34.8 Å². The van der Waals surface area contributed by atoms with Gasteiger partial charge in [-0.05, 0) is 38.1 Å². The molecule has 17 heavy (non-hydrogen) atoms. The van der Waals surface area contributed by atoms with Gasteiger partial charge in [0.15, 0.2) is 0 Å². The number of nitrogens with two attached hydrogens (primary N) is 1. The van der Waals surface area contributed by atoms with Gasteiger partial charge in [-0.2, -0.15) is 5.10 Å². The Kier molecular flexibility index (Phi) is 3.10. The van der Waals surface area contributed by atoms with Crippen molar-refractivity contribution in [3.63, 3.8) is 0 Å². The van der Waals surface area contributed by atoms with Gasteiger partial charge in [0.25, 0.3) is 0 Å². The molecule has 1 aromatic carbocycles. The fourth-order valence-electron chi connectivity index (χ4n) is 1.52. The van der Waals surface area contributed by atoms with E-state index in [2.05, 4.69) is 10.1 Å². The zero-order valence-electron chi connectivity index (χ0n) is 9.64. The third-order valence-electron chi connectivity index (χ3n) is 2.43. The van der Waals surface area contributed by atoms with Crippen LogP contribution >= 0.6 is 11.3 Å². The Labute approximate surface area is 103 Å². The predicted octanol–water partition coefficient (Wildman–Crippen LogP) is 2.51. The SMILES string of the molecule is C/C(=N\N)c1sc(-c2ccc(O)cc2)nc1C. The molecule has 88 valence electrons. The zero-order valence-corrected chi connectivity index (χ0v) is 10.5. The van der Waals surface area contributed by atoms with Crippen molar-refractivity contribution < 1.29 is 5.11 Å². The summed E-state index contributed by atoms with van der Waals surface area (Å²) in [6, 6.07) is 6.98. The number of hydrogen-bond donors (Lipinski definition) is 2. The number of aromatic nitrogens is 1. The molecule has 3 N–H and O–H groups in total. The lowest BCUT2D eigenvalue weighted by molar-refractivity contribution is 0.475. The topological polar surface area (TPSA) is 71.5 Å². The quantitative estimate of drug-likeness (QED) is 0.486. The van der Waals surface area contributed by atoms with Crippen molar-refractivity contribution in [3.8, 4) is 16.3 Å². The maximum atomic E-state index is 9.24. The highest BCUT2D eigenvalue weighted by Gasteiger charge is 2.11. The van der Waals surface area contributed by atoms with Crippen LogP contribution in [0.2, 0.25) is 0 Å². The molecule has 0 amide bonds. The Morgan fingerprint density at radius 3 is 2.59 bits per heavy atom. The molecule has 0 radical (unpaired) electrons. The van der Waals surface area contributed by atoms with E-state index in [9.17, 15) is 5.11 Å². The standard InChI is InChI=1S/C12H13N3OS/c1-7-11(8(2)15-13)17-12(14-7)9-3-5-10(16)6-4-9/h3-6,16H,13H2,1-2H3/b15-8+. The van der Waals surface area contributed by atoms with Crippen LogP contribution in [0.3, 0.4) is 0 Å². The third-order valence-corrected chi connectivity index (χ3v) is 3.75. The molecular weight excluding hydrogens is 234 g/mol. The van der Waals surface area contributed by atoms with Gasteiger partial charge in [0.2, 0.25) is 0 Å². The second-order valence-electron chi connectivity index (χ2n) is 3.69. The Hall–Kier alpha value is -1.88. The summed E-state index contributed by atoms with van der Waals surface area (Å²) >= 11 is 1.55. The van der Waals surface area contributed by atoms with E-state index in [0.717, 1.165) is 26.9 Å². The van der Waals surface area contributed by atoms with Crippen molar-refractivity contribution in [1.82, 2.24) is 4.98 Å². The van der Waals surface area contributed by atoms with Gasteiger partial charge in [0.1, 0.15) is 10.8 Å². The second kappa shape index (κ2) is 4.55. The molecule has 2 aromatic rings. The molecule has 4 nitrogen and oxygen atoms in total. The summed E-state index contributed by atoms with van der Waals surface area (Å²) in [5, 5.41) is 13.8. The maximum absolute atomic E-state index is 9.24. The summed E-state index contributed by atoms with van der Waals surface area (Å²) in [5.41, 5.74) is 2.68. The second-order valence-corrected chi connectivity index (χ2v) is 4.69. The van der Waals surface area contributed by atoms with Crippen LogP contribution in [0.1, 0.15) is 17.5 Å². The van der Waals surface area contributed by atoms with Crippen molar-refractivity contribution >= 4 is 17.0 Å². The van der Waals surface area contributed by atoms with E-state index >= 15 is 0 Å². The van der Waals surface area contributed by atoms with E-state index in [0.29, 0.717) is 0 Å². The van der Waals surface area contributed by atoms with Gasteiger partial charge in [0.05, 0.1) is 16.3 Å².